The Labute approximate surface area is 93.0 Å². The molecule has 0 spiro atoms. The highest BCUT2D eigenvalue weighted by molar-refractivity contribution is 5.29. The predicted molar refractivity (Wildman–Crippen MR) is 66.0 cm³/mol. The Kier molecular flexibility index (Phi) is 3.60. The fourth-order valence-electron chi connectivity index (χ4n) is 2.58. The Bertz CT molecular complexity index is 321. The second-order valence-corrected chi connectivity index (χ2v) is 4.40. The van der Waals surface area contributed by atoms with Gasteiger partial charge in [0.05, 0.1) is 0 Å². The van der Waals surface area contributed by atoms with Crippen LogP contribution in [0.15, 0.2) is 42.0 Å². The number of benzene rings is 1. The fraction of sp³-hybridized carbons (Fsp3) is 0.467. The van der Waals surface area contributed by atoms with E-state index in [-0.39, 0.29) is 0 Å². The van der Waals surface area contributed by atoms with Crippen LogP contribution in [0.2, 0.25) is 0 Å². The average Bonchev–Trinajstić information content (AvgIpc) is 2.33. The minimum Gasteiger partial charge on any atom is -0.0847 e. The second kappa shape index (κ2) is 5.16. The van der Waals surface area contributed by atoms with E-state index in [1.54, 1.807) is 5.57 Å². The van der Waals surface area contributed by atoms with Crippen LogP contribution in [0.5, 0.6) is 0 Å². The Morgan fingerprint density at radius 1 is 1.13 bits per heavy atom. The molecule has 0 heteroatoms. The molecule has 0 bridgehead atoms. The molecule has 1 aliphatic carbocycles. The van der Waals surface area contributed by atoms with Gasteiger partial charge in [0.2, 0.25) is 0 Å². The van der Waals surface area contributed by atoms with Gasteiger partial charge in [-0.2, -0.15) is 0 Å². The van der Waals surface area contributed by atoms with Gasteiger partial charge in [0, 0.05) is 5.92 Å². The molecule has 2 rings (SSSR count). The van der Waals surface area contributed by atoms with E-state index in [2.05, 4.69) is 43.3 Å². The molecule has 1 aliphatic rings. The van der Waals surface area contributed by atoms with Gasteiger partial charge < -0.3 is 0 Å². The monoisotopic (exact) mass is 200 g/mol. The van der Waals surface area contributed by atoms with E-state index in [0.717, 1.165) is 0 Å². The predicted octanol–water partition coefficient (Wildman–Crippen LogP) is 4.68. The van der Waals surface area contributed by atoms with E-state index >= 15 is 0 Å². The van der Waals surface area contributed by atoms with Gasteiger partial charge in [0.15, 0.2) is 0 Å². The number of hydrogen-bond acceptors (Lipinski definition) is 0. The first kappa shape index (κ1) is 10.5. The van der Waals surface area contributed by atoms with Crippen molar-refractivity contribution in [3.63, 3.8) is 0 Å². The lowest BCUT2D eigenvalue weighted by Gasteiger charge is -2.22. The van der Waals surface area contributed by atoms with Crippen molar-refractivity contribution in [1.29, 1.82) is 0 Å². The molecule has 1 unspecified atom stereocenters. The van der Waals surface area contributed by atoms with Gasteiger partial charge in [-0.1, -0.05) is 48.9 Å². The topological polar surface area (TPSA) is 0 Å². The van der Waals surface area contributed by atoms with Gasteiger partial charge in [-0.05, 0) is 37.7 Å². The zero-order chi connectivity index (χ0) is 10.5. The van der Waals surface area contributed by atoms with Crippen LogP contribution < -0.4 is 0 Å². The smallest absolute Gasteiger partial charge is 0.00455 e. The van der Waals surface area contributed by atoms with Crippen molar-refractivity contribution in [3.8, 4) is 0 Å². The van der Waals surface area contributed by atoms with Gasteiger partial charge in [0.25, 0.3) is 0 Å². The third-order valence-corrected chi connectivity index (χ3v) is 3.38. The van der Waals surface area contributed by atoms with Gasteiger partial charge in [-0.25, -0.2) is 0 Å². The van der Waals surface area contributed by atoms with Gasteiger partial charge in [-0.3, -0.25) is 0 Å². The highest BCUT2D eigenvalue weighted by atomic mass is 14.2. The first-order valence-electron chi connectivity index (χ1n) is 6.15. The van der Waals surface area contributed by atoms with Crippen LogP contribution in [0.3, 0.4) is 0 Å². The molecule has 0 saturated heterocycles. The van der Waals surface area contributed by atoms with Crippen LogP contribution in [0.4, 0.5) is 0 Å². The summed E-state index contributed by atoms with van der Waals surface area (Å²) < 4.78 is 0. The lowest BCUT2D eigenvalue weighted by Crippen LogP contribution is -2.04. The summed E-state index contributed by atoms with van der Waals surface area (Å²) in [4.78, 5) is 0. The molecule has 0 N–H and O–H groups in total. The molecule has 80 valence electrons. The molecule has 1 aromatic rings. The SMILES string of the molecule is CCC(C1=CCCCC1)c1ccccc1. The molecule has 0 aliphatic heterocycles. The Hall–Kier alpha value is -1.04. The molecule has 15 heavy (non-hydrogen) atoms. The summed E-state index contributed by atoms with van der Waals surface area (Å²) in [5, 5.41) is 0. The number of rotatable bonds is 3. The normalized spacial score (nSPS) is 18.3. The molecule has 0 heterocycles. The van der Waals surface area contributed by atoms with Crippen LogP contribution >= 0.6 is 0 Å². The quantitative estimate of drug-likeness (QED) is 0.621. The summed E-state index contributed by atoms with van der Waals surface area (Å²) in [6.45, 7) is 2.30. The third kappa shape index (κ3) is 2.50. The van der Waals surface area contributed by atoms with E-state index in [0.29, 0.717) is 5.92 Å². The van der Waals surface area contributed by atoms with Crippen molar-refractivity contribution < 1.29 is 0 Å². The Morgan fingerprint density at radius 3 is 2.53 bits per heavy atom. The average molecular weight is 200 g/mol. The van der Waals surface area contributed by atoms with Crippen LogP contribution in [0, 0.1) is 0 Å². The van der Waals surface area contributed by atoms with Crippen molar-refractivity contribution in [1.82, 2.24) is 0 Å². The maximum atomic E-state index is 2.48. The Balaban J connectivity index is 2.20. The van der Waals surface area contributed by atoms with Gasteiger partial charge >= 0.3 is 0 Å². The van der Waals surface area contributed by atoms with Crippen molar-refractivity contribution in [2.24, 2.45) is 0 Å². The zero-order valence-electron chi connectivity index (χ0n) is 9.58. The molecule has 0 amide bonds. The van der Waals surface area contributed by atoms with E-state index < -0.39 is 0 Å². The fourth-order valence-corrected chi connectivity index (χ4v) is 2.58. The van der Waals surface area contributed by atoms with Crippen molar-refractivity contribution >= 4 is 0 Å². The Morgan fingerprint density at radius 2 is 1.93 bits per heavy atom. The maximum Gasteiger partial charge on any atom is 0.00455 e. The summed E-state index contributed by atoms with van der Waals surface area (Å²) in [6, 6.07) is 10.9. The van der Waals surface area contributed by atoms with E-state index in [4.69, 9.17) is 0 Å². The summed E-state index contributed by atoms with van der Waals surface area (Å²) >= 11 is 0. The molecule has 1 atom stereocenters. The maximum absolute atomic E-state index is 2.48. The van der Waals surface area contributed by atoms with Crippen molar-refractivity contribution in [3.05, 3.63) is 47.5 Å². The molecule has 0 radical (unpaired) electrons. The molecular weight excluding hydrogens is 180 g/mol. The lowest BCUT2D eigenvalue weighted by atomic mass is 9.83. The van der Waals surface area contributed by atoms with Crippen LogP contribution in [-0.4, -0.2) is 0 Å². The summed E-state index contributed by atoms with van der Waals surface area (Å²) in [6.07, 6.45) is 9.08. The van der Waals surface area contributed by atoms with E-state index in [9.17, 15) is 0 Å². The summed E-state index contributed by atoms with van der Waals surface area (Å²) in [7, 11) is 0. The minimum absolute atomic E-state index is 0.673. The van der Waals surface area contributed by atoms with Crippen LogP contribution in [-0.2, 0) is 0 Å². The molecular formula is C15H20. The standard InChI is InChI=1S/C15H20/c1-2-15(13-9-5-3-6-10-13)14-11-7-4-8-12-14/h3,5-6,9-11,15H,2,4,7-8,12H2,1H3. The second-order valence-electron chi connectivity index (χ2n) is 4.40. The highest BCUT2D eigenvalue weighted by Crippen LogP contribution is 2.33. The molecule has 1 aromatic carbocycles. The minimum atomic E-state index is 0.673. The molecule has 0 fully saturated rings. The number of hydrogen-bond donors (Lipinski definition) is 0. The van der Waals surface area contributed by atoms with Gasteiger partial charge in [0.1, 0.15) is 0 Å². The molecule has 0 saturated carbocycles. The van der Waals surface area contributed by atoms with Crippen LogP contribution in [0.25, 0.3) is 0 Å². The zero-order valence-corrected chi connectivity index (χ0v) is 9.58. The molecule has 0 nitrogen and oxygen atoms in total. The van der Waals surface area contributed by atoms with E-state index in [1.165, 1.54) is 37.7 Å². The first-order chi connectivity index (χ1) is 7.42. The highest BCUT2D eigenvalue weighted by Gasteiger charge is 2.15. The van der Waals surface area contributed by atoms with E-state index in [1.807, 2.05) is 0 Å². The van der Waals surface area contributed by atoms with Crippen molar-refractivity contribution in [2.45, 2.75) is 44.9 Å². The summed E-state index contributed by atoms with van der Waals surface area (Å²) in [5.74, 6) is 0.673. The summed E-state index contributed by atoms with van der Waals surface area (Å²) in [5.41, 5.74) is 3.17. The largest absolute Gasteiger partial charge is 0.0847 e. The third-order valence-electron chi connectivity index (χ3n) is 3.38. The van der Waals surface area contributed by atoms with Crippen LogP contribution in [0.1, 0.15) is 50.5 Å². The first-order valence-corrected chi connectivity index (χ1v) is 6.15. The lowest BCUT2D eigenvalue weighted by molar-refractivity contribution is 0.628. The van der Waals surface area contributed by atoms with Gasteiger partial charge in [-0.15, -0.1) is 0 Å². The van der Waals surface area contributed by atoms with Crippen molar-refractivity contribution in [2.75, 3.05) is 0 Å². The number of allylic oxidation sites excluding steroid dienone is 2. The molecule has 0 aromatic heterocycles.